The molecule has 2 aliphatic rings. The van der Waals surface area contributed by atoms with E-state index >= 15 is 0 Å². The van der Waals surface area contributed by atoms with E-state index in [4.69, 9.17) is 4.74 Å². The van der Waals surface area contributed by atoms with Gasteiger partial charge in [-0.25, -0.2) is 0 Å². The summed E-state index contributed by atoms with van der Waals surface area (Å²) in [5, 5.41) is 4.33. The van der Waals surface area contributed by atoms with Crippen LogP contribution in [-0.2, 0) is 4.74 Å². The highest BCUT2D eigenvalue weighted by Gasteiger charge is 2.39. The smallest absolute Gasteiger partial charge is 0.104 e. The molecule has 2 nitrogen and oxygen atoms in total. The highest BCUT2D eigenvalue weighted by atomic mass is 31.0. The fraction of sp³-hybridized carbons (Fsp3) is 0.949. The highest BCUT2D eigenvalue weighted by Crippen LogP contribution is 2.45. The van der Waals surface area contributed by atoms with Gasteiger partial charge in [0.2, 0.25) is 0 Å². The maximum atomic E-state index is 6.93. The number of hydrogen-bond acceptors (Lipinski definition) is 2. The van der Waals surface area contributed by atoms with E-state index in [1.807, 2.05) is 0 Å². The highest BCUT2D eigenvalue weighted by molar-refractivity contribution is 7.19. The second kappa shape index (κ2) is 15.5. The second-order valence-electron chi connectivity index (χ2n) is 18.9. The van der Waals surface area contributed by atoms with Gasteiger partial charge in [0, 0.05) is 17.5 Å². The molecule has 0 aromatic heterocycles. The Morgan fingerprint density at radius 3 is 1.74 bits per heavy atom. The Hall–Kier alpha value is -0.0700. The molecule has 2 aliphatic carbocycles. The van der Waals surface area contributed by atoms with Crippen molar-refractivity contribution < 1.29 is 4.74 Å². The van der Waals surface area contributed by atoms with Crippen molar-refractivity contribution in [2.75, 3.05) is 0 Å². The van der Waals surface area contributed by atoms with Gasteiger partial charge in [-0.05, 0) is 140 Å². The maximum absolute atomic E-state index is 6.93. The molecule has 1 saturated carbocycles. The lowest BCUT2D eigenvalue weighted by Gasteiger charge is -2.46. The van der Waals surface area contributed by atoms with Crippen molar-refractivity contribution in [1.82, 2.24) is 5.32 Å². The van der Waals surface area contributed by atoms with E-state index in [1.165, 1.54) is 95.7 Å². The van der Waals surface area contributed by atoms with Crippen molar-refractivity contribution >= 4 is 9.24 Å². The van der Waals surface area contributed by atoms with Crippen LogP contribution in [0.3, 0.4) is 0 Å². The molecule has 0 saturated heterocycles. The molecule has 42 heavy (non-hydrogen) atoms. The third kappa shape index (κ3) is 14.4. The van der Waals surface area contributed by atoms with Gasteiger partial charge in [0.1, 0.15) is 5.60 Å². The van der Waals surface area contributed by atoms with Crippen molar-refractivity contribution in [3.8, 4) is 0 Å². The Labute approximate surface area is 267 Å². The summed E-state index contributed by atoms with van der Waals surface area (Å²) < 4.78 is 6.93. The standard InChI is InChI=1S/C39H76NOP/c1-34(2,3)28-36(6,7)40-37(8,9)29-35(4,5)31-22-19-16-20-26-33(27-21-25-31)41-38(10,11)30-39(12,42)32-23-17-14-13-15-18-24-32/h26,31-32,40H,13-25,27-30,42H2,1-12H3/b33-26+. The molecule has 0 radical (unpaired) electrons. The van der Waals surface area contributed by atoms with Crippen LogP contribution < -0.4 is 5.32 Å². The quantitative estimate of drug-likeness (QED) is 0.237. The fourth-order valence-electron chi connectivity index (χ4n) is 9.62. The van der Waals surface area contributed by atoms with Gasteiger partial charge in [-0.3, -0.25) is 0 Å². The summed E-state index contributed by atoms with van der Waals surface area (Å²) in [5.41, 5.74) is 0.719. The molecule has 3 atom stereocenters. The van der Waals surface area contributed by atoms with Crippen LogP contribution in [0.1, 0.15) is 192 Å². The molecular weight excluding hydrogens is 529 g/mol. The van der Waals surface area contributed by atoms with Crippen LogP contribution in [0.2, 0.25) is 0 Å². The molecule has 0 aromatic carbocycles. The molecule has 1 fully saturated rings. The minimum Gasteiger partial charge on any atom is -0.493 e. The van der Waals surface area contributed by atoms with Gasteiger partial charge in [-0.2, -0.15) is 0 Å². The Balaban J connectivity index is 2.00. The minimum atomic E-state index is -0.136. The van der Waals surface area contributed by atoms with Crippen molar-refractivity contribution in [3.05, 3.63) is 11.8 Å². The largest absolute Gasteiger partial charge is 0.493 e. The third-order valence-corrected chi connectivity index (χ3v) is 10.9. The van der Waals surface area contributed by atoms with Crippen LogP contribution in [0, 0.1) is 22.7 Å². The second-order valence-corrected chi connectivity index (χ2v) is 20.2. The molecule has 1 N–H and O–H groups in total. The fourth-order valence-corrected chi connectivity index (χ4v) is 10.4. The summed E-state index contributed by atoms with van der Waals surface area (Å²) in [5.74, 6) is 2.82. The van der Waals surface area contributed by atoms with Gasteiger partial charge in [0.15, 0.2) is 0 Å². The summed E-state index contributed by atoms with van der Waals surface area (Å²) in [6.45, 7) is 29.0. The predicted molar refractivity (Wildman–Crippen MR) is 191 cm³/mol. The molecule has 0 aromatic rings. The van der Waals surface area contributed by atoms with Crippen LogP contribution >= 0.6 is 9.24 Å². The Kier molecular flexibility index (Phi) is 14.0. The van der Waals surface area contributed by atoms with Crippen LogP contribution in [0.15, 0.2) is 11.8 Å². The first-order valence-electron chi connectivity index (χ1n) is 18.1. The van der Waals surface area contributed by atoms with E-state index in [2.05, 4.69) is 104 Å². The molecule has 0 bridgehead atoms. The van der Waals surface area contributed by atoms with Crippen LogP contribution in [0.4, 0.5) is 0 Å². The summed E-state index contributed by atoms with van der Waals surface area (Å²) in [4.78, 5) is 0. The summed E-state index contributed by atoms with van der Waals surface area (Å²) >= 11 is 0. The van der Waals surface area contributed by atoms with E-state index in [1.54, 1.807) is 0 Å². The van der Waals surface area contributed by atoms with Gasteiger partial charge in [-0.15, -0.1) is 9.24 Å². The Bertz CT molecular complexity index is 820. The number of rotatable bonds is 11. The summed E-state index contributed by atoms with van der Waals surface area (Å²) in [6.07, 6.45) is 24.6. The van der Waals surface area contributed by atoms with Crippen molar-refractivity contribution in [1.29, 1.82) is 0 Å². The first-order valence-corrected chi connectivity index (χ1v) is 18.7. The lowest BCUT2D eigenvalue weighted by atomic mass is 9.67. The van der Waals surface area contributed by atoms with Crippen LogP contribution in [0.5, 0.6) is 0 Å². The van der Waals surface area contributed by atoms with E-state index in [0.717, 1.165) is 31.1 Å². The lowest BCUT2D eigenvalue weighted by molar-refractivity contribution is 0.00590. The monoisotopic (exact) mass is 606 g/mol. The first kappa shape index (κ1) is 38.1. The lowest BCUT2D eigenvalue weighted by Crippen LogP contribution is -2.55. The zero-order valence-electron chi connectivity index (χ0n) is 30.7. The van der Waals surface area contributed by atoms with Crippen molar-refractivity contribution in [3.63, 3.8) is 0 Å². The van der Waals surface area contributed by atoms with Gasteiger partial charge >= 0.3 is 0 Å². The summed E-state index contributed by atoms with van der Waals surface area (Å²) in [6, 6.07) is 0. The Morgan fingerprint density at radius 1 is 0.643 bits per heavy atom. The number of hydrogen-bond donors (Lipinski definition) is 1. The molecule has 3 unspecified atom stereocenters. The topological polar surface area (TPSA) is 21.3 Å². The van der Waals surface area contributed by atoms with E-state index in [-0.39, 0.29) is 21.8 Å². The van der Waals surface area contributed by atoms with Gasteiger partial charge in [-0.1, -0.05) is 80.1 Å². The average Bonchev–Trinajstić information content (AvgIpc) is 2.72. The average molecular weight is 606 g/mol. The zero-order valence-corrected chi connectivity index (χ0v) is 31.9. The van der Waals surface area contributed by atoms with Gasteiger partial charge in [0.25, 0.3) is 0 Å². The van der Waals surface area contributed by atoms with Crippen molar-refractivity contribution in [2.45, 2.75) is 214 Å². The zero-order chi connectivity index (χ0) is 31.9. The molecule has 2 rings (SSSR count). The number of ether oxygens (including phenoxy) is 1. The van der Waals surface area contributed by atoms with E-state index in [9.17, 15) is 0 Å². The predicted octanol–water partition coefficient (Wildman–Crippen LogP) is 12.4. The van der Waals surface area contributed by atoms with E-state index < -0.39 is 0 Å². The molecule has 248 valence electrons. The molecular formula is C39H76NOP. The first-order chi connectivity index (χ1) is 19.1. The molecule has 3 heteroatoms. The number of allylic oxidation sites excluding steroid dienone is 2. The van der Waals surface area contributed by atoms with Crippen molar-refractivity contribution in [2.24, 2.45) is 22.7 Å². The normalized spacial score (nSPS) is 24.6. The third-order valence-electron chi connectivity index (χ3n) is 10.3. The van der Waals surface area contributed by atoms with Crippen LogP contribution in [-0.4, -0.2) is 21.8 Å². The maximum Gasteiger partial charge on any atom is 0.104 e. The van der Waals surface area contributed by atoms with E-state index in [0.29, 0.717) is 10.8 Å². The number of nitrogens with one attached hydrogen (secondary N) is 1. The molecule has 0 aliphatic heterocycles. The van der Waals surface area contributed by atoms with Gasteiger partial charge in [0.05, 0.1) is 5.76 Å². The molecule has 0 heterocycles. The van der Waals surface area contributed by atoms with Gasteiger partial charge < -0.3 is 10.1 Å². The Morgan fingerprint density at radius 2 is 1.14 bits per heavy atom. The minimum absolute atomic E-state index is 0.104. The molecule has 0 spiro atoms. The molecule has 0 amide bonds. The summed E-state index contributed by atoms with van der Waals surface area (Å²) in [7, 11) is 3.29. The van der Waals surface area contributed by atoms with Crippen LogP contribution in [0.25, 0.3) is 0 Å². The SMILES string of the molecule is CC(C)(C)CC(C)(C)NC(C)(C)CC(C)(C)C1CCCC/C=C(/OC(C)(C)CC(C)(P)C2CCCCCCC2)CCC1.